The van der Waals surface area contributed by atoms with Gasteiger partial charge in [-0.25, -0.2) is 4.98 Å². The van der Waals surface area contributed by atoms with E-state index in [0.29, 0.717) is 5.82 Å². The number of hydrogen-bond acceptors (Lipinski definition) is 5. The number of pyridine rings is 3. The van der Waals surface area contributed by atoms with Crippen LogP contribution in [0.2, 0.25) is 0 Å². The zero-order valence-corrected chi connectivity index (χ0v) is 17.8. The molecule has 0 unspecified atom stereocenters. The zero-order valence-electron chi connectivity index (χ0n) is 17.8. The number of hydrogen-bond donors (Lipinski definition) is 1. The van der Waals surface area contributed by atoms with Gasteiger partial charge in [-0.3, -0.25) is 15.4 Å². The summed E-state index contributed by atoms with van der Waals surface area (Å²) in [6.45, 7) is 0. The molecule has 5 aromatic rings. The monoisotopic (exact) mass is 427 g/mol. The highest BCUT2D eigenvalue weighted by molar-refractivity contribution is 6.19. The summed E-state index contributed by atoms with van der Waals surface area (Å²) in [5.41, 5.74) is 9.60. The van der Waals surface area contributed by atoms with Crippen LogP contribution in [-0.4, -0.2) is 20.7 Å². The number of anilines is 1. The molecule has 5 heteroatoms. The summed E-state index contributed by atoms with van der Waals surface area (Å²) in [5.74, 6) is 0.667. The standard InChI is InChI=1S/C28H21N5/c1-3-13-23(21(11-1)25-15-5-8-18-29-25)28(33-32-27-17-7-10-20-31-27)24-14-4-2-12-22(24)26-16-6-9-19-30-26/h1-20H,(H,31,32). The minimum absolute atomic E-state index is 0.667. The molecule has 0 aliphatic carbocycles. The van der Waals surface area contributed by atoms with E-state index in [9.17, 15) is 0 Å². The molecule has 0 saturated heterocycles. The molecule has 2 aromatic carbocycles. The van der Waals surface area contributed by atoms with Gasteiger partial charge in [0.25, 0.3) is 0 Å². The average molecular weight is 428 g/mol. The first kappa shape index (κ1) is 20.3. The maximum absolute atomic E-state index is 4.86. The average Bonchev–Trinajstić information content (AvgIpc) is 2.91. The maximum Gasteiger partial charge on any atom is 0.146 e. The number of aromatic nitrogens is 3. The van der Waals surface area contributed by atoms with Crippen LogP contribution >= 0.6 is 0 Å². The molecule has 3 heterocycles. The number of nitrogens with zero attached hydrogens (tertiary/aromatic N) is 4. The van der Waals surface area contributed by atoms with Crippen molar-refractivity contribution >= 4 is 11.5 Å². The fourth-order valence-electron chi connectivity index (χ4n) is 3.68. The van der Waals surface area contributed by atoms with Crippen LogP contribution in [0.5, 0.6) is 0 Å². The molecule has 5 nitrogen and oxygen atoms in total. The van der Waals surface area contributed by atoms with Gasteiger partial charge in [0, 0.05) is 40.8 Å². The lowest BCUT2D eigenvalue weighted by Gasteiger charge is -2.16. The SMILES string of the molecule is c1ccc(NN=C(c2ccccc2-c2ccccn2)c2ccccc2-c2ccccn2)nc1. The van der Waals surface area contributed by atoms with E-state index in [0.717, 1.165) is 39.4 Å². The van der Waals surface area contributed by atoms with Gasteiger partial charge in [-0.05, 0) is 36.4 Å². The second kappa shape index (κ2) is 9.66. The molecule has 33 heavy (non-hydrogen) atoms. The summed E-state index contributed by atoms with van der Waals surface area (Å²) < 4.78 is 0. The van der Waals surface area contributed by atoms with E-state index >= 15 is 0 Å². The quantitative estimate of drug-likeness (QED) is 0.264. The molecule has 3 aromatic heterocycles. The summed E-state index contributed by atoms with van der Waals surface area (Å²) in [6, 6.07) is 33.8. The van der Waals surface area contributed by atoms with E-state index in [1.54, 1.807) is 18.6 Å². The van der Waals surface area contributed by atoms with Crippen LogP contribution in [-0.2, 0) is 0 Å². The fourth-order valence-corrected chi connectivity index (χ4v) is 3.68. The predicted molar refractivity (Wildman–Crippen MR) is 133 cm³/mol. The number of rotatable bonds is 6. The van der Waals surface area contributed by atoms with Crippen molar-refractivity contribution in [2.45, 2.75) is 0 Å². The van der Waals surface area contributed by atoms with Crippen molar-refractivity contribution in [3.63, 3.8) is 0 Å². The Balaban J connectivity index is 1.71. The summed E-state index contributed by atoms with van der Waals surface area (Å²) >= 11 is 0. The second-order valence-corrected chi connectivity index (χ2v) is 7.31. The van der Waals surface area contributed by atoms with E-state index in [1.165, 1.54) is 0 Å². The Morgan fingerprint density at radius 2 is 1.00 bits per heavy atom. The van der Waals surface area contributed by atoms with Crippen molar-refractivity contribution in [1.29, 1.82) is 0 Å². The molecule has 1 N–H and O–H groups in total. The van der Waals surface area contributed by atoms with Gasteiger partial charge < -0.3 is 0 Å². The van der Waals surface area contributed by atoms with Crippen LogP contribution in [0.1, 0.15) is 11.1 Å². The van der Waals surface area contributed by atoms with E-state index in [-0.39, 0.29) is 0 Å². The third kappa shape index (κ3) is 4.52. The van der Waals surface area contributed by atoms with Crippen LogP contribution in [0.25, 0.3) is 22.5 Å². The van der Waals surface area contributed by atoms with E-state index in [1.807, 2.05) is 78.9 Å². The Morgan fingerprint density at radius 3 is 1.48 bits per heavy atom. The highest BCUT2D eigenvalue weighted by atomic mass is 15.3. The van der Waals surface area contributed by atoms with Crippen LogP contribution in [0.15, 0.2) is 127 Å². The topological polar surface area (TPSA) is 63.1 Å². The van der Waals surface area contributed by atoms with Crippen molar-refractivity contribution in [1.82, 2.24) is 15.0 Å². The van der Waals surface area contributed by atoms with E-state index < -0.39 is 0 Å². The molecule has 0 radical (unpaired) electrons. The van der Waals surface area contributed by atoms with Gasteiger partial charge in [-0.1, -0.05) is 66.7 Å². The predicted octanol–water partition coefficient (Wildman–Crippen LogP) is 6.07. The molecule has 0 saturated carbocycles. The molecule has 0 spiro atoms. The molecule has 0 fully saturated rings. The van der Waals surface area contributed by atoms with Gasteiger partial charge in [0.2, 0.25) is 0 Å². The maximum atomic E-state index is 4.86. The Morgan fingerprint density at radius 1 is 0.515 bits per heavy atom. The molecule has 5 rings (SSSR count). The lowest BCUT2D eigenvalue weighted by molar-refractivity contribution is 1.22. The Labute approximate surface area is 192 Å². The van der Waals surface area contributed by atoms with Crippen molar-refractivity contribution in [3.05, 3.63) is 133 Å². The zero-order chi connectivity index (χ0) is 22.3. The van der Waals surface area contributed by atoms with Crippen LogP contribution in [0, 0.1) is 0 Å². The van der Waals surface area contributed by atoms with Crippen molar-refractivity contribution in [2.75, 3.05) is 5.43 Å². The van der Waals surface area contributed by atoms with Crippen LogP contribution in [0.4, 0.5) is 5.82 Å². The van der Waals surface area contributed by atoms with E-state index in [4.69, 9.17) is 5.10 Å². The lowest BCUT2D eigenvalue weighted by Crippen LogP contribution is -2.10. The lowest BCUT2D eigenvalue weighted by atomic mass is 9.92. The Hall–Kier alpha value is -4.64. The van der Waals surface area contributed by atoms with Gasteiger partial charge in [-0.2, -0.15) is 5.10 Å². The van der Waals surface area contributed by atoms with Gasteiger partial charge in [0.1, 0.15) is 5.82 Å². The van der Waals surface area contributed by atoms with Gasteiger partial charge >= 0.3 is 0 Å². The molecular weight excluding hydrogens is 406 g/mol. The summed E-state index contributed by atoms with van der Waals surface area (Å²) in [7, 11) is 0. The van der Waals surface area contributed by atoms with Gasteiger partial charge in [0.15, 0.2) is 0 Å². The first-order valence-corrected chi connectivity index (χ1v) is 10.7. The van der Waals surface area contributed by atoms with Crippen LogP contribution in [0.3, 0.4) is 0 Å². The molecule has 0 atom stereocenters. The first-order chi connectivity index (χ1) is 16.4. The minimum atomic E-state index is 0.667. The molecule has 0 amide bonds. The molecular formula is C28H21N5. The minimum Gasteiger partial charge on any atom is -0.261 e. The largest absolute Gasteiger partial charge is 0.261 e. The third-order valence-electron chi connectivity index (χ3n) is 5.19. The van der Waals surface area contributed by atoms with Crippen LogP contribution < -0.4 is 5.43 Å². The van der Waals surface area contributed by atoms with Gasteiger partial charge in [0.05, 0.1) is 17.1 Å². The first-order valence-electron chi connectivity index (χ1n) is 10.7. The number of nitrogens with one attached hydrogen (secondary N) is 1. The summed E-state index contributed by atoms with van der Waals surface area (Å²) in [5, 5.41) is 4.86. The highest BCUT2D eigenvalue weighted by Crippen LogP contribution is 2.29. The second-order valence-electron chi connectivity index (χ2n) is 7.31. The Bertz CT molecular complexity index is 1280. The van der Waals surface area contributed by atoms with Crippen molar-refractivity contribution in [2.24, 2.45) is 5.10 Å². The summed E-state index contributed by atoms with van der Waals surface area (Å²) in [6.07, 6.45) is 5.34. The summed E-state index contributed by atoms with van der Waals surface area (Å²) in [4.78, 5) is 13.5. The third-order valence-corrected chi connectivity index (χ3v) is 5.19. The van der Waals surface area contributed by atoms with Crippen molar-refractivity contribution in [3.8, 4) is 22.5 Å². The fraction of sp³-hybridized carbons (Fsp3) is 0. The van der Waals surface area contributed by atoms with E-state index in [2.05, 4.69) is 44.6 Å². The highest BCUT2D eigenvalue weighted by Gasteiger charge is 2.18. The number of hydrazone groups is 1. The normalized spacial score (nSPS) is 10.4. The molecule has 0 bridgehead atoms. The smallest absolute Gasteiger partial charge is 0.146 e. The number of benzene rings is 2. The Kier molecular flexibility index (Phi) is 5.94. The molecule has 0 aliphatic rings. The molecule has 0 aliphatic heterocycles. The van der Waals surface area contributed by atoms with Gasteiger partial charge in [-0.15, -0.1) is 0 Å². The molecule has 158 valence electrons. The van der Waals surface area contributed by atoms with Crippen molar-refractivity contribution < 1.29 is 0 Å².